The molecule has 0 bridgehead atoms. The largest absolute Gasteiger partial charge is 0.444 e. The Morgan fingerprint density at radius 2 is 1.66 bits per heavy atom. The first kappa shape index (κ1) is 29.7. The zero-order valence-electron chi connectivity index (χ0n) is 23.1. The van der Waals surface area contributed by atoms with Crippen molar-refractivity contribution in [2.75, 3.05) is 13.1 Å². The van der Waals surface area contributed by atoms with Crippen LogP contribution in [0.25, 0.3) is 0 Å². The molecule has 0 radical (unpaired) electrons. The molecule has 4 amide bonds. The van der Waals surface area contributed by atoms with Gasteiger partial charge in [0.2, 0.25) is 17.7 Å². The van der Waals surface area contributed by atoms with Crippen molar-refractivity contribution in [1.29, 1.82) is 5.41 Å². The molecule has 2 fully saturated rings. The Labute approximate surface area is 239 Å². The normalized spacial score (nSPS) is 17.6. The van der Waals surface area contributed by atoms with Crippen molar-refractivity contribution in [2.24, 2.45) is 11.7 Å². The fourth-order valence-corrected chi connectivity index (χ4v) is 5.27. The Morgan fingerprint density at radius 1 is 0.951 bits per heavy atom. The molecule has 6 N–H and O–H groups in total. The highest BCUT2D eigenvalue weighted by molar-refractivity contribution is 6.04. The van der Waals surface area contributed by atoms with Gasteiger partial charge in [-0.05, 0) is 36.3 Å². The number of hydrogen-bond donors (Lipinski definition) is 5. The summed E-state index contributed by atoms with van der Waals surface area (Å²) in [4.78, 5) is 51.3. The molecule has 1 aliphatic carbocycles. The molecule has 11 heteroatoms. The lowest BCUT2D eigenvalue weighted by Gasteiger charge is -2.43. The number of ether oxygens (including phenoxy) is 1. The summed E-state index contributed by atoms with van der Waals surface area (Å²) in [7, 11) is 0. The topological polar surface area (TPSA) is 167 Å². The van der Waals surface area contributed by atoms with Crippen molar-refractivity contribution in [3.8, 4) is 0 Å². The first-order chi connectivity index (χ1) is 19.8. The molecule has 4 rings (SSSR count). The van der Waals surface area contributed by atoms with Crippen molar-refractivity contribution >= 4 is 29.7 Å². The molecular weight excluding hydrogens is 524 g/mol. The number of likely N-dealkylation sites (tertiary alicyclic amines) is 1. The molecule has 0 unspecified atom stereocenters. The lowest BCUT2D eigenvalue weighted by Crippen LogP contribution is -2.63. The Bertz CT molecular complexity index is 1230. The molecular formula is C30H38N6O5. The van der Waals surface area contributed by atoms with Crippen LogP contribution >= 0.6 is 0 Å². The van der Waals surface area contributed by atoms with Gasteiger partial charge in [-0.1, -0.05) is 73.9 Å². The Hall–Kier alpha value is -4.25. The predicted octanol–water partition coefficient (Wildman–Crippen LogP) is 2.18. The van der Waals surface area contributed by atoms with Crippen LogP contribution in [-0.2, 0) is 32.3 Å². The Balaban J connectivity index is 1.24. The lowest BCUT2D eigenvalue weighted by molar-refractivity contribution is -0.150. The van der Waals surface area contributed by atoms with Crippen LogP contribution in [0, 0.1) is 11.3 Å². The molecule has 1 heterocycles. The van der Waals surface area contributed by atoms with E-state index in [0.29, 0.717) is 18.5 Å². The number of nitrogens with one attached hydrogen (secondary N) is 4. The van der Waals surface area contributed by atoms with Gasteiger partial charge in [-0.2, -0.15) is 0 Å². The maximum Gasteiger partial charge on any atom is 0.413 e. The number of hydrogen-bond acceptors (Lipinski definition) is 7. The van der Waals surface area contributed by atoms with Gasteiger partial charge in [-0.3, -0.25) is 30.4 Å². The van der Waals surface area contributed by atoms with E-state index in [1.807, 2.05) is 30.3 Å². The van der Waals surface area contributed by atoms with Crippen molar-refractivity contribution in [3.63, 3.8) is 0 Å². The number of benzene rings is 2. The second kappa shape index (κ2) is 14.4. The summed E-state index contributed by atoms with van der Waals surface area (Å²) in [5.41, 5.74) is 7.46. The zero-order chi connectivity index (χ0) is 29.2. The Morgan fingerprint density at radius 3 is 2.29 bits per heavy atom. The van der Waals surface area contributed by atoms with Gasteiger partial charge in [0.05, 0.1) is 12.6 Å². The van der Waals surface area contributed by atoms with E-state index in [1.54, 1.807) is 29.2 Å². The quantitative estimate of drug-likeness (QED) is 0.208. The number of nitrogens with two attached hydrogens (primary N) is 1. The number of rotatable bonds is 11. The molecule has 2 aromatic rings. The van der Waals surface area contributed by atoms with E-state index in [9.17, 15) is 19.2 Å². The van der Waals surface area contributed by atoms with Crippen molar-refractivity contribution in [1.82, 2.24) is 20.9 Å². The van der Waals surface area contributed by atoms with E-state index >= 15 is 0 Å². The summed E-state index contributed by atoms with van der Waals surface area (Å²) >= 11 is 0. The number of amides is 4. The van der Waals surface area contributed by atoms with E-state index in [-0.39, 0.29) is 43.3 Å². The third-order valence-electron chi connectivity index (χ3n) is 7.64. The van der Waals surface area contributed by atoms with Gasteiger partial charge in [0.1, 0.15) is 18.5 Å². The number of carbonyl (C=O) groups is 4. The van der Waals surface area contributed by atoms with Crippen LogP contribution in [-0.4, -0.2) is 59.7 Å². The van der Waals surface area contributed by atoms with Gasteiger partial charge in [0.15, 0.2) is 0 Å². The summed E-state index contributed by atoms with van der Waals surface area (Å²) in [6.45, 7) is 0.780. The first-order valence-electron chi connectivity index (χ1n) is 14.1. The molecule has 11 nitrogen and oxygen atoms in total. The lowest BCUT2D eigenvalue weighted by atomic mass is 9.82. The van der Waals surface area contributed by atoms with Gasteiger partial charge in [0, 0.05) is 18.7 Å². The molecule has 2 aromatic carbocycles. The van der Waals surface area contributed by atoms with Crippen LogP contribution in [0.4, 0.5) is 4.79 Å². The molecule has 0 aromatic heterocycles. The van der Waals surface area contributed by atoms with E-state index in [2.05, 4.69) is 16.0 Å². The van der Waals surface area contributed by atoms with Crippen LogP contribution in [0.3, 0.4) is 0 Å². The van der Waals surface area contributed by atoms with Crippen LogP contribution in [0.2, 0.25) is 0 Å². The maximum absolute atomic E-state index is 13.4. The van der Waals surface area contributed by atoms with Gasteiger partial charge in [-0.15, -0.1) is 0 Å². The molecule has 218 valence electrons. The number of carbonyl (C=O) groups excluding carboxylic acids is 4. The smallest absolute Gasteiger partial charge is 0.413 e. The average molecular weight is 563 g/mol. The second-order valence-electron chi connectivity index (χ2n) is 10.5. The van der Waals surface area contributed by atoms with Crippen LogP contribution in [0.1, 0.15) is 55.2 Å². The second-order valence-corrected chi connectivity index (χ2v) is 10.5. The third-order valence-corrected chi connectivity index (χ3v) is 7.64. The van der Waals surface area contributed by atoms with Crippen LogP contribution in [0.5, 0.6) is 0 Å². The summed E-state index contributed by atoms with van der Waals surface area (Å²) in [6.07, 6.45) is 4.90. The minimum atomic E-state index is -0.717. The summed E-state index contributed by atoms with van der Waals surface area (Å²) in [5.74, 6) is -0.878. The fourth-order valence-electron chi connectivity index (χ4n) is 5.27. The molecule has 1 saturated heterocycles. The van der Waals surface area contributed by atoms with Gasteiger partial charge in [-0.25, -0.2) is 4.79 Å². The highest BCUT2D eigenvalue weighted by atomic mass is 16.5. The third kappa shape index (κ3) is 8.37. The standard InChI is InChI=1S/C30H38N6O5/c31-25(37)18-33-26(22-9-5-2-6-10-22)29(39)36-16-15-24(36)28(38)34-17-20-11-13-23(14-12-20)27(32)35-30(40)41-19-21-7-3-1-4-8-21/h1,3-4,7-8,11-14,22,24,26,33H,2,5-6,9-10,15-19H2,(H2,31,37)(H,34,38)(H2,32,35,40)/t24-,26+/m0/s1. The molecule has 2 aliphatic rings. The van der Waals surface area contributed by atoms with Crippen molar-refractivity contribution in [3.05, 3.63) is 71.3 Å². The number of alkyl carbamates (subject to hydrolysis) is 1. The highest BCUT2D eigenvalue weighted by Gasteiger charge is 2.42. The van der Waals surface area contributed by atoms with Crippen molar-refractivity contribution in [2.45, 2.75) is 63.8 Å². The van der Waals surface area contributed by atoms with Gasteiger partial charge < -0.3 is 20.7 Å². The molecule has 0 spiro atoms. The summed E-state index contributed by atoms with van der Waals surface area (Å²) in [6, 6.07) is 15.1. The molecule has 41 heavy (non-hydrogen) atoms. The molecule has 1 aliphatic heterocycles. The van der Waals surface area contributed by atoms with E-state index in [1.165, 1.54) is 0 Å². The minimum absolute atomic E-state index is 0.0739. The zero-order valence-corrected chi connectivity index (χ0v) is 23.1. The predicted molar refractivity (Wildman–Crippen MR) is 153 cm³/mol. The Kier molecular flexibility index (Phi) is 10.4. The van der Waals surface area contributed by atoms with Gasteiger partial charge in [0.25, 0.3) is 0 Å². The van der Waals surface area contributed by atoms with E-state index < -0.39 is 24.1 Å². The van der Waals surface area contributed by atoms with Crippen molar-refractivity contribution < 1.29 is 23.9 Å². The minimum Gasteiger partial charge on any atom is -0.444 e. The number of primary amides is 1. The highest BCUT2D eigenvalue weighted by Crippen LogP contribution is 2.29. The first-order valence-corrected chi connectivity index (χ1v) is 14.1. The summed E-state index contributed by atoms with van der Waals surface area (Å²) < 4.78 is 5.16. The summed E-state index contributed by atoms with van der Waals surface area (Å²) in [5, 5.41) is 16.5. The van der Waals surface area contributed by atoms with Crippen LogP contribution in [0.15, 0.2) is 54.6 Å². The number of amidine groups is 1. The maximum atomic E-state index is 13.4. The van der Waals surface area contributed by atoms with E-state index in [0.717, 1.165) is 43.2 Å². The molecule has 1 saturated carbocycles. The SMILES string of the molecule is N=C(NC(=O)OCc1ccccc1)c1ccc(CNC(=O)[C@@H]2CCN2C(=O)[C@H](NCC(N)=O)C2CCCCC2)cc1. The molecule has 2 atom stereocenters. The number of nitrogens with zero attached hydrogens (tertiary/aromatic N) is 1. The van der Waals surface area contributed by atoms with E-state index in [4.69, 9.17) is 15.9 Å². The van der Waals surface area contributed by atoms with Gasteiger partial charge >= 0.3 is 6.09 Å². The van der Waals surface area contributed by atoms with Crippen LogP contribution < -0.4 is 21.7 Å². The fraction of sp³-hybridized carbons (Fsp3) is 0.433. The monoisotopic (exact) mass is 562 g/mol. The average Bonchev–Trinajstić information content (AvgIpc) is 2.95.